The van der Waals surface area contributed by atoms with E-state index in [0.717, 1.165) is 32.1 Å². The highest BCUT2D eigenvalue weighted by Gasteiger charge is 2.30. The third kappa shape index (κ3) is 5.42. The first-order valence-electron chi connectivity index (χ1n) is 10.7. The van der Waals surface area contributed by atoms with Gasteiger partial charge < -0.3 is 15.4 Å². The standard InChI is InChI=1S/C21H33N3O4S/c1-3-28-19-11-10-17(14-20(19)29(26,27)24-12-6-7-13-24)22-15-21(25)23-18-9-5-4-8-16(18)2/h10-11,14,16,18,22H,3-9,12-13,15H2,1-2H3,(H,23,25). The van der Waals surface area contributed by atoms with E-state index in [-0.39, 0.29) is 23.4 Å². The lowest BCUT2D eigenvalue weighted by Crippen LogP contribution is -2.43. The molecule has 1 aliphatic carbocycles. The number of carbonyl (C=O) groups is 1. The average Bonchev–Trinajstić information content (AvgIpc) is 3.25. The second-order valence-corrected chi connectivity index (χ2v) is 9.90. The van der Waals surface area contributed by atoms with Crippen LogP contribution in [-0.2, 0) is 14.8 Å². The Hall–Kier alpha value is -1.80. The van der Waals surface area contributed by atoms with Gasteiger partial charge in [-0.2, -0.15) is 4.31 Å². The minimum absolute atomic E-state index is 0.0680. The molecule has 1 aromatic carbocycles. The van der Waals surface area contributed by atoms with Crippen LogP contribution in [-0.4, -0.2) is 50.9 Å². The largest absolute Gasteiger partial charge is 0.492 e. The van der Waals surface area contributed by atoms with E-state index < -0.39 is 10.0 Å². The lowest BCUT2D eigenvalue weighted by atomic mass is 9.86. The highest BCUT2D eigenvalue weighted by Crippen LogP contribution is 2.31. The van der Waals surface area contributed by atoms with Crippen molar-refractivity contribution in [2.24, 2.45) is 5.92 Å². The maximum atomic E-state index is 13.1. The van der Waals surface area contributed by atoms with Crippen molar-refractivity contribution in [3.05, 3.63) is 18.2 Å². The average molecular weight is 424 g/mol. The van der Waals surface area contributed by atoms with Gasteiger partial charge in [0.05, 0.1) is 13.2 Å². The van der Waals surface area contributed by atoms with Gasteiger partial charge in [-0.3, -0.25) is 4.79 Å². The summed E-state index contributed by atoms with van der Waals surface area (Å²) < 4.78 is 33.2. The molecule has 29 heavy (non-hydrogen) atoms. The van der Waals surface area contributed by atoms with Gasteiger partial charge in [0.1, 0.15) is 10.6 Å². The molecule has 0 bridgehead atoms. The lowest BCUT2D eigenvalue weighted by Gasteiger charge is -2.29. The normalized spacial score (nSPS) is 23.0. The number of nitrogens with zero attached hydrogens (tertiary/aromatic N) is 1. The smallest absolute Gasteiger partial charge is 0.246 e. The molecule has 1 saturated heterocycles. The summed E-state index contributed by atoms with van der Waals surface area (Å²) >= 11 is 0. The van der Waals surface area contributed by atoms with Crippen LogP contribution in [0, 0.1) is 5.92 Å². The van der Waals surface area contributed by atoms with E-state index in [9.17, 15) is 13.2 Å². The zero-order valence-electron chi connectivity index (χ0n) is 17.4. The molecule has 1 amide bonds. The van der Waals surface area contributed by atoms with Crippen molar-refractivity contribution in [3.63, 3.8) is 0 Å². The molecule has 7 nitrogen and oxygen atoms in total. The number of anilines is 1. The molecule has 0 radical (unpaired) electrons. The van der Waals surface area contributed by atoms with Crippen LogP contribution in [0.4, 0.5) is 5.69 Å². The molecule has 1 aliphatic heterocycles. The molecule has 162 valence electrons. The third-order valence-corrected chi connectivity index (χ3v) is 7.76. The Morgan fingerprint density at radius 1 is 1.17 bits per heavy atom. The Labute approximate surface area is 174 Å². The fraction of sp³-hybridized carbons (Fsp3) is 0.667. The number of amides is 1. The van der Waals surface area contributed by atoms with Gasteiger partial charge >= 0.3 is 0 Å². The van der Waals surface area contributed by atoms with E-state index in [2.05, 4.69) is 17.6 Å². The molecule has 1 aromatic rings. The molecule has 8 heteroatoms. The van der Waals surface area contributed by atoms with Crippen molar-refractivity contribution in [3.8, 4) is 5.75 Å². The summed E-state index contributed by atoms with van der Waals surface area (Å²) in [6.07, 6.45) is 6.30. The van der Waals surface area contributed by atoms with Crippen molar-refractivity contribution >= 4 is 21.6 Å². The van der Waals surface area contributed by atoms with Crippen molar-refractivity contribution in [1.29, 1.82) is 0 Å². The van der Waals surface area contributed by atoms with Gasteiger partial charge in [0.25, 0.3) is 0 Å². The van der Waals surface area contributed by atoms with Gasteiger partial charge in [0, 0.05) is 24.8 Å². The van der Waals surface area contributed by atoms with Gasteiger partial charge in [0.2, 0.25) is 15.9 Å². The number of sulfonamides is 1. The predicted octanol–water partition coefficient (Wildman–Crippen LogP) is 2.98. The third-order valence-electron chi connectivity index (χ3n) is 5.84. The molecule has 1 heterocycles. The summed E-state index contributed by atoms with van der Waals surface area (Å²) in [5.41, 5.74) is 0.595. The molecule has 0 spiro atoms. The fourth-order valence-corrected chi connectivity index (χ4v) is 5.81. The van der Waals surface area contributed by atoms with Crippen LogP contribution in [0.2, 0.25) is 0 Å². The number of ether oxygens (including phenoxy) is 1. The van der Waals surface area contributed by atoms with Crippen LogP contribution in [0.3, 0.4) is 0 Å². The van der Waals surface area contributed by atoms with E-state index in [1.165, 1.54) is 10.7 Å². The highest BCUT2D eigenvalue weighted by atomic mass is 32.2. The minimum Gasteiger partial charge on any atom is -0.492 e. The van der Waals surface area contributed by atoms with Crippen LogP contribution >= 0.6 is 0 Å². The van der Waals surface area contributed by atoms with Crippen molar-refractivity contribution in [2.45, 2.75) is 63.3 Å². The second-order valence-electron chi connectivity index (χ2n) is 8.00. The quantitative estimate of drug-likeness (QED) is 0.671. The summed E-state index contributed by atoms with van der Waals surface area (Å²) in [5, 5.41) is 6.18. The Kier molecular flexibility index (Phi) is 7.40. The maximum absolute atomic E-state index is 13.1. The van der Waals surface area contributed by atoms with Crippen LogP contribution in [0.25, 0.3) is 0 Å². The number of carbonyl (C=O) groups excluding carboxylic acids is 1. The second kappa shape index (κ2) is 9.80. The van der Waals surface area contributed by atoms with Crippen molar-refractivity contribution in [2.75, 3.05) is 31.6 Å². The van der Waals surface area contributed by atoms with Crippen LogP contribution in [0.5, 0.6) is 5.75 Å². The molecule has 2 unspecified atom stereocenters. The molecular weight excluding hydrogens is 390 g/mol. The highest BCUT2D eigenvalue weighted by molar-refractivity contribution is 7.89. The summed E-state index contributed by atoms with van der Waals surface area (Å²) in [4.78, 5) is 12.5. The van der Waals surface area contributed by atoms with Crippen LogP contribution in [0.1, 0.15) is 52.4 Å². The van der Waals surface area contributed by atoms with Gasteiger partial charge in [-0.15, -0.1) is 0 Å². The van der Waals surface area contributed by atoms with E-state index in [1.807, 2.05) is 6.92 Å². The Bertz CT molecular complexity index is 806. The minimum atomic E-state index is -3.61. The summed E-state index contributed by atoms with van der Waals surface area (Å²) in [5.74, 6) is 0.780. The van der Waals surface area contributed by atoms with Crippen molar-refractivity contribution in [1.82, 2.24) is 9.62 Å². The Morgan fingerprint density at radius 3 is 2.59 bits per heavy atom. The molecular formula is C21H33N3O4S. The van der Waals surface area contributed by atoms with E-state index >= 15 is 0 Å². The number of nitrogens with one attached hydrogen (secondary N) is 2. The predicted molar refractivity (Wildman–Crippen MR) is 114 cm³/mol. The first-order valence-corrected chi connectivity index (χ1v) is 12.2. The van der Waals surface area contributed by atoms with Gasteiger partial charge in [0.15, 0.2) is 0 Å². The molecule has 2 atom stereocenters. The van der Waals surface area contributed by atoms with Crippen molar-refractivity contribution < 1.29 is 17.9 Å². The SMILES string of the molecule is CCOc1ccc(NCC(=O)NC2CCCCC2C)cc1S(=O)(=O)N1CCCC1. The van der Waals surface area contributed by atoms with Gasteiger partial charge in [-0.1, -0.05) is 19.8 Å². The zero-order valence-corrected chi connectivity index (χ0v) is 18.3. The Morgan fingerprint density at radius 2 is 1.90 bits per heavy atom. The molecule has 0 aromatic heterocycles. The zero-order chi connectivity index (χ0) is 20.9. The summed E-state index contributed by atoms with van der Waals surface area (Å²) in [6, 6.07) is 5.22. The monoisotopic (exact) mass is 423 g/mol. The number of hydrogen-bond acceptors (Lipinski definition) is 5. The fourth-order valence-electron chi connectivity index (χ4n) is 4.13. The van der Waals surface area contributed by atoms with E-state index in [1.54, 1.807) is 18.2 Å². The number of rotatable bonds is 8. The lowest BCUT2D eigenvalue weighted by molar-refractivity contribution is -0.120. The molecule has 1 saturated carbocycles. The van der Waals surface area contributed by atoms with Crippen LogP contribution in [0.15, 0.2) is 23.1 Å². The number of hydrogen-bond donors (Lipinski definition) is 2. The maximum Gasteiger partial charge on any atom is 0.246 e. The first kappa shape index (κ1) is 21.9. The molecule has 2 fully saturated rings. The molecule has 3 rings (SSSR count). The Balaban J connectivity index is 1.69. The molecule has 2 aliphatic rings. The summed E-state index contributed by atoms with van der Waals surface area (Å²) in [6.45, 7) is 5.58. The number of benzene rings is 1. The summed E-state index contributed by atoms with van der Waals surface area (Å²) in [7, 11) is -3.61. The topological polar surface area (TPSA) is 87.7 Å². The molecule has 2 N–H and O–H groups in total. The first-order chi connectivity index (χ1) is 13.9. The van der Waals surface area contributed by atoms with E-state index in [4.69, 9.17) is 4.74 Å². The van der Waals surface area contributed by atoms with Crippen LogP contribution < -0.4 is 15.4 Å². The van der Waals surface area contributed by atoms with Gasteiger partial charge in [-0.25, -0.2) is 8.42 Å². The van der Waals surface area contributed by atoms with E-state index in [0.29, 0.717) is 37.1 Å². The van der Waals surface area contributed by atoms with Gasteiger partial charge in [-0.05, 0) is 56.7 Å².